The van der Waals surface area contributed by atoms with Crippen molar-refractivity contribution in [1.29, 1.82) is 0 Å². The first kappa shape index (κ1) is 10.9. The molecule has 0 nitrogen and oxygen atoms in total. The number of halogens is 2. The van der Waals surface area contributed by atoms with E-state index in [-0.39, 0.29) is 10.8 Å². The van der Waals surface area contributed by atoms with Crippen LogP contribution in [-0.2, 0) is 6.42 Å². The topological polar surface area (TPSA) is 0 Å². The van der Waals surface area contributed by atoms with Gasteiger partial charge in [-0.3, -0.25) is 0 Å². The maximum absolute atomic E-state index is 13.1. The van der Waals surface area contributed by atoms with Gasteiger partial charge < -0.3 is 0 Å². The first-order chi connectivity index (χ1) is 7.02. The summed E-state index contributed by atoms with van der Waals surface area (Å²) < 4.78 is 13.1. The van der Waals surface area contributed by atoms with E-state index in [9.17, 15) is 4.39 Å². The second-order valence-corrected chi connectivity index (χ2v) is 5.37. The zero-order valence-corrected chi connectivity index (χ0v) is 9.89. The van der Waals surface area contributed by atoms with E-state index in [1.807, 2.05) is 13.0 Å². The lowest BCUT2D eigenvalue weighted by molar-refractivity contribution is 0.366. The Balaban J connectivity index is 2.03. The normalized spacial score (nSPS) is 31.3. The summed E-state index contributed by atoms with van der Waals surface area (Å²) in [6.07, 6.45) is 0.678. The first-order valence-corrected chi connectivity index (χ1v) is 5.80. The van der Waals surface area contributed by atoms with Crippen molar-refractivity contribution in [2.45, 2.75) is 38.2 Å². The van der Waals surface area contributed by atoms with Crippen molar-refractivity contribution in [3.05, 3.63) is 35.4 Å². The molecule has 2 heteroatoms. The zero-order valence-electron chi connectivity index (χ0n) is 9.13. The molecule has 0 aliphatic heterocycles. The molecule has 0 bridgehead atoms. The fraction of sp³-hybridized carbons (Fsp3) is 0.538. The molecule has 0 heterocycles. The van der Waals surface area contributed by atoms with E-state index >= 15 is 0 Å². The van der Waals surface area contributed by atoms with Gasteiger partial charge in [0.2, 0.25) is 0 Å². The molecule has 1 fully saturated rings. The molecule has 1 aromatic carbocycles. The van der Waals surface area contributed by atoms with E-state index < -0.39 is 6.17 Å². The van der Waals surface area contributed by atoms with E-state index in [2.05, 4.69) is 25.1 Å². The van der Waals surface area contributed by atoms with Crippen LogP contribution in [0.25, 0.3) is 0 Å². The van der Waals surface area contributed by atoms with Crippen molar-refractivity contribution in [1.82, 2.24) is 0 Å². The van der Waals surface area contributed by atoms with Crippen LogP contribution in [0, 0.1) is 12.3 Å². The SMILES string of the molecule is Cc1cccc(CC(Cl)C2(C)CC2F)c1. The molecule has 3 atom stereocenters. The third-order valence-electron chi connectivity index (χ3n) is 3.39. The molecule has 82 valence electrons. The monoisotopic (exact) mass is 226 g/mol. The van der Waals surface area contributed by atoms with Crippen LogP contribution in [0.2, 0.25) is 0 Å². The van der Waals surface area contributed by atoms with Gasteiger partial charge in [0.1, 0.15) is 6.17 Å². The summed E-state index contributed by atoms with van der Waals surface area (Å²) in [5, 5.41) is -0.0886. The Morgan fingerprint density at radius 1 is 1.60 bits per heavy atom. The largest absolute Gasteiger partial charge is 0.247 e. The Kier molecular flexibility index (Phi) is 2.76. The molecular weight excluding hydrogens is 211 g/mol. The van der Waals surface area contributed by atoms with Gasteiger partial charge in [0.25, 0.3) is 0 Å². The predicted molar refractivity (Wildman–Crippen MR) is 62.1 cm³/mol. The molecule has 0 saturated heterocycles. The van der Waals surface area contributed by atoms with Gasteiger partial charge in [-0.2, -0.15) is 0 Å². The maximum Gasteiger partial charge on any atom is 0.108 e. The van der Waals surface area contributed by atoms with E-state index in [0.717, 1.165) is 6.42 Å². The average molecular weight is 227 g/mol. The smallest absolute Gasteiger partial charge is 0.108 e. The van der Waals surface area contributed by atoms with Gasteiger partial charge >= 0.3 is 0 Å². The maximum atomic E-state index is 13.1. The summed E-state index contributed by atoms with van der Waals surface area (Å²) in [4.78, 5) is 0. The Bertz CT molecular complexity index is 363. The quantitative estimate of drug-likeness (QED) is 0.686. The lowest BCUT2D eigenvalue weighted by Gasteiger charge is -2.16. The Morgan fingerprint density at radius 2 is 2.27 bits per heavy atom. The van der Waals surface area contributed by atoms with Gasteiger partial charge in [-0.15, -0.1) is 11.6 Å². The van der Waals surface area contributed by atoms with Crippen LogP contribution < -0.4 is 0 Å². The molecule has 3 unspecified atom stereocenters. The fourth-order valence-electron chi connectivity index (χ4n) is 1.93. The van der Waals surface area contributed by atoms with E-state index in [0.29, 0.717) is 6.42 Å². The summed E-state index contributed by atoms with van der Waals surface area (Å²) in [5.74, 6) is 0. The molecule has 15 heavy (non-hydrogen) atoms. The zero-order chi connectivity index (χ0) is 11.1. The third-order valence-corrected chi connectivity index (χ3v) is 4.04. The lowest BCUT2D eigenvalue weighted by atomic mass is 9.97. The summed E-state index contributed by atoms with van der Waals surface area (Å²) in [7, 11) is 0. The number of rotatable bonds is 3. The van der Waals surface area contributed by atoms with Gasteiger partial charge in [-0.05, 0) is 25.3 Å². The molecule has 0 N–H and O–H groups in total. The molecular formula is C13H16ClF. The van der Waals surface area contributed by atoms with Crippen molar-refractivity contribution in [3.8, 4) is 0 Å². The van der Waals surface area contributed by atoms with Crippen LogP contribution in [0.3, 0.4) is 0 Å². The van der Waals surface area contributed by atoms with Crippen molar-refractivity contribution in [3.63, 3.8) is 0 Å². The van der Waals surface area contributed by atoms with E-state index in [1.165, 1.54) is 11.1 Å². The van der Waals surface area contributed by atoms with Crippen molar-refractivity contribution in [2.24, 2.45) is 5.41 Å². The second kappa shape index (κ2) is 3.79. The Hall–Kier alpha value is -0.560. The highest BCUT2D eigenvalue weighted by Gasteiger charge is 2.55. The summed E-state index contributed by atoms with van der Waals surface area (Å²) in [6, 6.07) is 8.26. The summed E-state index contributed by atoms with van der Waals surface area (Å²) >= 11 is 6.26. The molecule has 1 aromatic rings. The van der Waals surface area contributed by atoms with Crippen LogP contribution in [0.1, 0.15) is 24.5 Å². The number of aryl methyl sites for hydroxylation is 1. The molecule has 1 saturated carbocycles. The fourth-order valence-corrected chi connectivity index (χ4v) is 2.33. The molecule has 0 amide bonds. The second-order valence-electron chi connectivity index (χ2n) is 4.84. The van der Waals surface area contributed by atoms with Gasteiger partial charge in [0.15, 0.2) is 0 Å². The van der Waals surface area contributed by atoms with Gasteiger partial charge in [-0.1, -0.05) is 36.8 Å². The highest BCUT2D eigenvalue weighted by atomic mass is 35.5. The molecule has 1 aliphatic rings. The number of hydrogen-bond donors (Lipinski definition) is 0. The highest BCUT2D eigenvalue weighted by molar-refractivity contribution is 6.21. The van der Waals surface area contributed by atoms with Gasteiger partial charge in [0.05, 0.1) is 0 Å². The predicted octanol–water partition coefficient (Wildman–Crippen LogP) is 3.89. The first-order valence-electron chi connectivity index (χ1n) is 5.36. The third kappa shape index (κ3) is 2.17. The molecule has 2 rings (SSSR count). The number of hydrogen-bond acceptors (Lipinski definition) is 0. The lowest BCUT2D eigenvalue weighted by Crippen LogP contribution is -2.18. The van der Waals surface area contributed by atoms with Crippen LogP contribution in [-0.4, -0.2) is 11.5 Å². The van der Waals surface area contributed by atoms with Crippen LogP contribution in [0.5, 0.6) is 0 Å². The minimum absolute atomic E-state index is 0.0886. The van der Waals surface area contributed by atoms with Crippen molar-refractivity contribution >= 4 is 11.6 Å². The summed E-state index contributed by atoms with van der Waals surface area (Å²) in [5.41, 5.74) is 2.15. The Morgan fingerprint density at radius 3 is 2.80 bits per heavy atom. The minimum atomic E-state index is -0.704. The molecule has 0 spiro atoms. The number of benzene rings is 1. The van der Waals surface area contributed by atoms with Crippen LogP contribution in [0.4, 0.5) is 4.39 Å². The summed E-state index contributed by atoms with van der Waals surface area (Å²) in [6.45, 7) is 3.99. The van der Waals surface area contributed by atoms with E-state index in [4.69, 9.17) is 11.6 Å². The standard InChI is InChI=1S/C13H16ClF/c1-9-4-3-5-10(6-9)7-11(14)13(2)8-12(13)15/h3-6,11-12H,7-8H2,1-2H3. The minimum Gasteiger partial charge on any atom is -0.247 e. The molecule has 1 aliphatic carbocycles. The average Bonchev–Trinajstić information content (AvgIpc) is 2.76. The van der Waals surface area contributed by atoms with Crippen LogP contribution >= 0.6 is 11.6 Å². The van der Waals surface area contributed by atoms with Gasteiger partial charge in [-0.25, -0.2) is 4.39 Å². The Labute approximate surface area is 95.4 Å². The molecule has 0 radical (unpaired) electrons. The van der Waals surface area contributed by atoms with Crippen molar-refractivity contribution < 1.29 is 4.39 Å². The number of alkyl halides is 2. The molecule has 0 aromatic heterocycles. The van der Waals surface area contributed by atoms with Gasteiger partial charge in [0, 0.05) is 10.8 Å². The highest BCUT2D eigenvalue weighted by Crippen LogP contribution is 2.53. The van der Waals surface area contributed by atoms with Crippen molar-refractivity contribution in [2.75, 3.05) is 0 Å². The van der Waals surface area contributed by atoms with Crippen LogP contribution in [0.15, 0.2) is 24.3 Å². The van der Waals surface area contributed by atoms with E-state index in [1.54, 1.807) is 0 Å².